The number of nitrogens with zero attached hydrogens (tertiary/aromatic N) is 1. The Morgan fingerprint density at radius 1 is 1.07 bits per heavy atom. The van der Waals surface area contributed by atoms with Crippen LogP contribution in [-0.4, -0.2) is 42.6 Å². The molecule has 0 aliphatic carbocycles. The molecule has 1 fully saturated rings. The summed E-state index contributed by atoms with van der Waals surface area (Å²) < 4.78 is 6.11. The van der Waals surface area contributed by atoms with Crippen LogP contribution >= 0.6 is 0 Å². The number of hydrogen-bond acceptors (Lipinski definition) is 3. The lowest BCUT2D eigenvalue weighted by molar-refractivity contribution is 0.0943. The maximum atomic E-state index is 12.1. The normalized spacial score (nSPS) is 19.6. The van der Waals surface area contributed by atoms with Gasteiger partial charge in [0.1, 0.15) is 12.4 Å². The maximum Gasteiger partial charge on any atom is 0.251 e. The van der Waals surface area contributed by atoms with Gasteiger partial charge in [-0.1, -0.05) is 24.3 Å². The van der Waals surface area contributed by atoms with Crippen molar-refractivity contribution in [3.63, 3.8) is 0 Å². The molecule has 4 nitrogen and oxygen atoms in total. The van der Waals surface area contributed by atoms with Gasteiger partial charge in [0, 0.05) is 17.6 Å². The molecule has 2 aliphatic heterocycles. The van der Waals surface area contributed by atoms with Crippen molar-refractivity contribution < 1.29 is 9.53 Å². The van der Waals surface area contributed by atoms with Gasteiger partial charge < -0.3 is 10.1 Å². The van der Waals surface area contributed by atoms with Crippen LogP contribution in [0.25, 0.3) is 11.1 Å². The summed E-state index contributed by atoms with van der Waals surface area (Å²) >= 11 is 0. The molecule has 2 aromatic carbocycles. The van der Waals surface area contributed by atoms with Crippen molar-refractivity contribution in [1.82, 2.24) is 10.2 Å². The zero-order valence-electron chi connectivity index (χ0n) is 16.2. The highest BCUT2D eigenvalue weighted by Gasteiger charge is 2.27. The molecule has 2 aromatic rings. The second-order valence-electron chi connectivity index (χ2n) is 7.94. The molecule has 1 saturated heterocycles. The molecule has 0 spiro atoms. The van der Waals surface area contributed by atoms with E-state index in [1.54, 1.807) is 0 Å². The van der Waals surface area contributed by atoms with E-state index in [1.807, 2.05) is 38.1 Å². The topological polar surface area (TPSA) is 41.6 Å². The Morgan fingerprint density at radius 2 is 1.78 bits per heavy atom. The minimum atomic E-state index is -0.0294. The molecule has 142 valence electrons. The van der Waals surface area contributed by atoms with E-state index in [4.69, 9.17) is 4.74 Å². The van der Waals surface area contributed by atoms with Crippen molar-refractivity contribution in [1.29, 1.82) is 0 Å². The molecule has 1 atom stereocenters. The third-order valence-corrected chi connectivity index (χ3v) is 5.51. The lowest BCUT2D eigenvalue weighted by atomic mass is 9.97. The van der Waals surface area contributed by atoms with Crippen LogP contribution in [-0.2, 0) is 6.42 Å². The third-order valence-electron chi connectivity index (χ3n) is 5.51. The Balaban J connectivity index is 1.48. The van der Waals surface area contributed by atoms with Crippen molar-refractivity contribution in [2.75, 3.05) is 19.7 Å². The van der Waals surface area contributed by atoms with Crippen LogP contribution < -0.4 is 10.1 Å². The first-order valence-electron chi connectivity index (χ1n) is 10.0. The SMILES string of the molecule is CC(C)NC(=O)c1ccc(-c2ccc3c(c2)OCC(N2CCCC2)C3)cc1. The summed E-state index contributed by atoms with van der Waals surface area (Å²) in [5, 5.41) is 2.92. The predicted molar refractivity (Wildman–Crippen MR) is 108 cm³/mol. The second-order valence-corrected chi connectivity index (χ2v) is 7.94. The third kappa shape index (κ3) is 4.01. The highest BCUT2D eigenvalue weighted by molar-refractivity contribution is 5.94. The van der Waals surface area contributed by atoms with Gasteiger partial charge in [-0.15, -0.1) is 0 Å². The summed E-state index contributed by atoms with van der Waals surface area (Å²) in [7, 11) is 0. The molecule has 1 unspecified atom stereocenters. The predicted octanol–water partition coefficient (Wildman–Crippen LogP) is 3.89. The quantitative estimate of drug-likeness (QED) is 0.895. The maximum absolute atomic E-state index is 12.1. The van der Waals surface area contributed by atoms with Crippen LogP contribution in [0.1, 0.15) is 42.6 Å². The van der Waals surface area contributed by atoms with Gasteiger partial charge in [-0.2, -0.15) is 0 Å². The summed E-state index contributed by atoms with van der Waals surface area (Å²) in [5.41, 5.74) is 4.22. The smallest absolute Gasteiger partial charge is 0.251 e. The fourth-order valence-corrected chi connectivity index (χ4v) is 4.04. The number of carbonyl (C=O) groups is 1. The zero-order valence-corrected chi connectivity index (χ0v) is 16.2. The van der Waals surface area contributed by atoms with E-state index in [9.17, 15) is 4.79 Å². The van der Waals surface area contributed by atoms with Crippen molar-refractivity contribution in [3.8, 4) is 16.9 Å². The molecule has 0 radical (unpaired) electrons. The molecular formula is C23H28N2O2. The summed E-state index contributed by atoms with van der Waals surface area (Å²) in [6.45, 7) is 7.13. The minimum Gasteiger partial charge on any atom is -0.492 e. The minimum absolute atomic E-state index is 0.0294. The lowest BCUT2D eigenvalue weighted by Gasteiger charge is -2.32. The van der Waals surface area contributed by atoms with Gasteiger partial charge in [0.25, 0.3) is 5.91 Å². The van der Waals surface area contributed by atoms with Gasteiger partial charge in [-0.05, 0) is 81.1 Å². The Hall–Kier alpha value is -2.33. The van der Waals surface area contributed by atoms with Gasteiger partial charge in [0.15, 0.2) is 0 Å². The molecule has 4 rings (SSSR count). The van der Waals surface area contributed by atoms with Crippen LogP contribution in [0.2, 0.25) is 0 Å². The van der Waals surface area contributed by atoms with Gasteiger partial charge in [-0.25, -0.2) is 0 Å². The van der Waals surface area contributed by atoms with Gasteiger partial charge in [0.2, 0.25) is 0 Å². The highest BCUT2D eigenvalue weighted by atomic mass is 16.5. The fourth-order valence-electron chi connectivity index (χ4n) is 4.04. The van der Waals surface area contributed by atoms with Crippen LogP contribution in [0.15, 0.2) is 42.5 Å². The Labute approximate surface area is 161 Å². The number of benzene rings is 2. The number of likely N-dealkylation sites (tertiary alicyclic amines) is 1. The van der Waals surface area contributed by atoms with Gasteiger partial charge >= 0.3 is 0 Å². The molecule has 27 heavy (non-hydrogen) atoms. The molecule has 0 bridgehead atoms. The monoisotopic (exact) mass is 364 g/mol. The molecule has 4 heteroatoms. The second kappa shape index (κ2) is 7.73. The number of ether oxygens (including phenoxy) is 1. The number of fused-ring (bicyclic) bond motifs is 1. The number of nitrogens with one attached hydrogen (secondary N) is 1. The largest absolute Gasteiger partial charge is 0.492 e. The molecular weight excluding hydrogens is 336 g/mol. The number of rotatable bonds is 4. The first-order chi connectivity index (χ1) is 13.1. The fraction of sp³-hybridized carbons (Fsp3) is 0.435. The highest BCUT2D eigenvalue weighted by Crippen LogP contribution is 2.32. The summed E-state index contributed by atoms with van der Waals surface area (Å²) in [5.74, 6) is 0.975. The van der Waals surface area contributed by atoms with E-state index in [0.717, 1.165) is 29.9 Å². The average molecular weight is 364 g/mol. The van der Waals surface area contributed by atoms with Crippen LogP contribution in [0.5, 0.6) is 5.75 Å². The standard InChI is InChI=1S/C23H28N2O2/c1-16(2)24-23(26)18-7-5-17(6-8-18)19-9-10-20-13-21(15-27-22(20)14-19)25-11-3-4-12-25/h5-10,14,16,21H,3-4,11-13,15H2,1-2H3,(H,24,26). The Kier molecular flexibility index (Phi) is 5.17. The van der Waals surface area contributed by atoms with Gasteiger partial charge in [-0.3, -0.25) is 9.69 Å². The molecule has 0 aromatic heterocycles. The zero-order chi connectivity index (χ0) is 18.8. The average Bonchev–Trinajstić information content (AvgIpc) is 3.21. The van der Waals surface area contributed by atoms with Crippen LogP contribution in [0, 0.1) is 0 Å². The van der Waals surface area contributed by atoms with Gasteiger partial charge in [0.05, 0.1) is 0 Å². The molecule has 2 heterocycles. The molecule has 1 N–H and O–H groups in total. The lowest BCUT2D eigenvalue weighted by Crippen LogP contribution is -2.41. The molecule has 1 amide bonds. The van der Waals surface area contributed by atoms with E-state index < -0.39 is 0 Å². The summed E-state index contributed by atoms with van der Waals surface area (Å²) in [6, 6.07) is 14.9. The van der Waals surface area contributed by atoms with E-state index in [1.165, 1.54) is 31.5 Å². The van der Waals surface area contributed by atoms with Crippen LogP contribution in [0.3, 0.4) is 0 Å². The first-order valence-corrected chi connectivity index (χ1v) is 10.0. The summed E-state index contributed by atoms with van der Waals surface area (Å²) in [4.78, 5) is 14.7. The summed E-state index contributed by atoms with van der Waals surface area (Å²) in [6.07, 6.45) is 3.70. The Bertz CT molecular complexity index is 808. The van der Waals surface area contributed by atoms with Crippen LogP contribution in [0.4, 0.5) is 0 Å². The molecule has 2 aliphatic rings. The molecule has 0 saturated carbocycles. The van der Waals surface area contributed by atoms with Crippen molar-refractivity contribution in [3.05, 3.63) is 53.6 Å². The van der Waals surface area contributed by atoms with E-state index in [0.29, 0.717) is 11.6 Å². The number of amides is 1. The van der Waals surface area contributed by atoms with Crippen molar-refractivity contribution in [2.24, 2.45) is 0 Å². The Morgan fingerprint density at radius 3 is 2.48 bits per heavy atom. The van der Waals surface area contributed by atoms with E-state index in [-0.39, 0.29) is 11.9 Å². The van der Waals surface area contributed by atoms with Crippen molar-refractivity contribution >= 4 is 5.91 Å². The first kappa shape index (κ1) is 18.1. The number of carbonyl (C=O) groups excluding carboxylic acids is 1. The number of hydrogen-bond donors (Lipinski definition) is 1. The van der Waals surface area contributed by atoms with Crippen molar-refractivity contribution in [2.45, 2.75) is 45.2 Å². The van der Waals surface area contributed by atoms with E-state index in [2.05, 4.69) is 28.4 Å². The van der Waals surface area contributed by atoms with E-state index >= 15 is 0 Å².